The van der Waals surface area contributed by atoms with Crippen molar-refractivity contribution in [3.05, 3.63) is 28.8 Å². The molecular formula is C11H10ClF3O3. The van der Waals surface area contributed by atoms with Crippen molar-refractivity contribution in [1.82, 2.24) is 0 Å². The van der Waals surface area contributed by atoms with Crippen molar-refractivity contribution in [3.8, 4) is 5.75 Å². The number of rotatable bonds is 5. The van der Waals surface area contributed by atoms with Crippen molar-refractivity contribution >= 4 is 17.6 Å². The van der Waals surface area contributed by atoms with Crippen molar-refractivity contribution in [2.75, 3.05) is 6.67 Å². The van der Waals surface area contributed by atoms with Gasteiger partial charge >= 0.3 is 5.97 Å². The van der Waals surface area contributed by atoms with Crippen LogP contribution in [0, 0.1) is 0 Å². The van der Waals surface area contributed by atoms with Gasteiger partial charge in [0.15, 0.2) is 0 Å². The molecule has 0 heterocycles. The molecule has 0 aliphatic rings. The van der Waals surface area contributed by atoms with Gasteiger partial charge in [0, 0.05) is 11.9 Å². The molecular weight excluding hydrogens is 273 g/mol. The monoisotopic (exact) mass is 282 g/mol. The zero-order chi connectivity index (χ0) is 13.9. The van der Waals surface area contributed by atoms with E-state index in [4.69, 9.17) is 21.4 Å². The number of alkyl halides is 3. The van der Waals surface area contributed by atoms with Crippen LogP contribution in [0.1, 0.15) is 12.5 Å². The molecule has 0 bridgehead atoms. The molecule has 0 amide bonds. The summed E-state index contributed by atoms with van der Waals surface area (Å²) in [5.74, 6) is -5.26. The predicted octanol–water partition coefficient (Wildman–Crippen LogP) is 3.25. The summed E-state index contributed by atoms with van der Waals surface area (Å²) in [4.78, 5) is 10.6. The zero-order valence-electron chi connectivity index (χ0n) is 9.29. The summed E-state index contributed by atoms with van der Waals surface area (Å²) in [6.07, 6.45) is -1.83. The molecule has 1 rings (SSSR count). The smallest absolute Gasteiger partial charge is 0.347 e. The van der Waals surface area contributed by atoms with Crippen LogP contribution in [0.25, 0.3) is 0 Å². The first-order valence-corrected chi connectivity index (χ1v) is 5.26. The SMILES string of the molecule is CC(F)(F)c1cc(Cl)ccc1OC(CF)C(=O)O. The van der Waals surface area contributed by atoms with E-state index in [9.17, 15) is 18.0 Å². The summed E-state index contributed by atoms with van der Waals surface area (Å²) < 4.78 is 43.6. The average molecular weight is 283 g/mol. The van der Waals surface area contributed by atoms with Gasteiger partial charge in [0.2, 0.25) is 6.10 Å². The molecule has 0 aromatic heterocycles. The highest BCUT2D eigenvalue weighted by atomic mass is 35.5. The number of aliphatic carboxylic acids is 1. The summed E-state index contributed by atoms with van der Waals surface area (Å²) in [6, 6.07) is 3.29. The molecule has 18 heavy (non-hydrogen) atoms. The second-order valence-electron chi connectivity index (χ2n) is 3.63. The molecule has 1 atom stereocenters. The summed E-state index contributed by atoms with van der Waals surface area (Å²) in [5, 5.41) is 8.65. The van der Waals surface area contributed by atoms with Crippen molar-refractivity contribution in [2.24, 2.45) is 0 Å². The molecule has 0 saturated carbocycles. The highest BCUT2D eigenvalue weighted by Crippen LogP contribution is 2.36. The molecule has 100 valence electrons. The van der Waals surface area contributed by atoms with E-state index in [0.717, 1.165) is 12.1 Å². The zero-order valence-corrected chi connectivity index (χ0v) is 10.0. The molecule has 0 spiro atoms. The number of halogens is 4. The Morgan fingerprint density at radius 3 is 2.61 bits per heavy atom. The minimum atomic E-state index is -3.28. The molecule has 0 fully saturated rings. The largest absolute Gasteiger partial charge is 0.478 e. The quantitative estimate of drug-likeness (QED) is 0.902. The molecule has 1 aromatic rings. The number of ether oxygens (including phenoxy) is 1. The Hall–Kier alpha value is -1.43. The van der Waals surface area contributed by atoms with Gasteiger partial charge in [-0.05, 0) is 18.2 Å². The lowest BCUT2D eigenvalue weighted by molar-refractivity contribution is -0.145. The van der Waals surface area contributed by atoms with Gasteiger partial charge in [0.05, 0.1) is 5.56 Å². The fourth-order valence-electron chi connectivity index (χ4n) is 1.25. The van der Waals surface area contributed by atoms with Gasteiger partial charge in [-0.25, -0.2) is 18.0 Å². The molecule has 1 unspecified atom stereocenters. The van der Waals surface area contributed by atoms with E-state index in [1.54, 1.807) is 0 Å². The lowest BCUT2D eigenvalue weighted by Crippen LogP contribution is -2.30. The van der Waals surface area contributed by atoms with E-state index < -0.39 is 36.0 Å². The second-order valence-corrected chi connectivity index (χ2v) is 4.06. The standard InChI is InChI=1S/C11H10ClF3O3/c1-11(14,15)7-4-6(12)2-3-8(7)18-9(5-13)10(16)17/h2-4,9H,5H2,1H3,(H,16,17). The van der Waals surface area contributed by atoms with Crippen molar-refractivity contribution < 1.29 is 27.8 Å². The third-order valence-electron chi connectivity index (χ3n) is 2.10. The van der Waals surface area contributed by atoms with E-state index >= 15 is 0 Å². The van der Waals surface area contributed by atoms with Gasteiger partial charge in [0.1, 0.15) is 12.4 Å². The lowest BCUT2D eigenvalue weighted by atomic mass is 10.1. The van der Waals surface area contributed by atoms with Gasteiger partial charge in [0.25, 0.3) is 5.92 Å². The first-order valence-electron chi connectivity index (χ1n) is 4.89. The van der Waals surface area contributed by atoms with Gasteiger partial charge in [-0.15, -0.1) is 0 Å². The molecule has 1 N–H and O–H groups in total. The second kappa shape index (κ2) is 5.48. The number of hydrogen-bond donors (Lipinski definition) is 1. The topological polar surface area (TPSA) is 46.5 Å². The van der Waals surface area contributed by atoms with Crippen LogP contribution in [0.4, 0.5) is 13.2 Å². The predicted molar refractivity (Wildman–Crippen MR) is 59.0 cm³/mol. The number of hydrogen-bond acceptors (Lipinski definition) is 2. The average Bonchev–Trinajstić information content (AvgIpc) is 2.25. The number of benzene rings is 1. The van der Waals surface area contributed by atoms with Crippen LogP contribution < -0.4 is 4.74 Å². The van der Waals surface area contributed by atoms with Crippen LogP contribution in [0.3, 0.4) is 0 Å². The molecule has 0 aliphatic heterocycles. The molecule has 0 aliphatic carbocycles. The third-order valence-corrected chi connectivity index (χ3v) is 2.33. The normalized spacial score (nSPS) is 13.2. The van der Waals surface area contributed by atoms with Gasteiger partial charge in [-0.3, -0.25) is 0 Å². The fourth-order valence-corrected chi connectivity index (χ4v) is 1.42. The van der Waals surface area contributed by atoms with Crippen LogP contribution in [-0.2, 0) is 10.7 Å². The maximum absolute atomic E-state index is 13.3. The van der Waals surface area contributed by atoms with E-state index in [1.165, 1.54) is 6.07 Å². The third kappa shape index (κ3) is 3.53. The van der Waals surface area contributed by atoms with Gasteiger partial charge < -0.3 is 9.84 Å². The summed E-state index contributed by atoms with van der Waals surface area (Å²) in [5.41, 5.74) is -0.588. The Morgan fingerprint density at radius 2 is 2.17 bits per heavy atom. The van der Waals surface area contributed by atoms with Crippen LogP contribution in [0.5, 0.6) is 5.75 Å². The first-order chi connectivity index (χ1) is 8.25. The van der Waals surface area contributed by atoms with E-state index in [1.807, 2.05) is 0 Å². The Labute approximate surface area is 106 Å². The van der Waals surface area contributed by atoms with Gasteiger partial charge in [-0.1, -0.05) is 11.6 Å². The Bertz CT molecular complexity index is 446. The van der Waals surface area contributed by atoms with Crippen LogP contribution >= 0.6 is 11.6 Å². The number of carboxylic acids is 1. The van der Waals surface area contributed by atoms with E-state index in [2.05, 4.69) is 0 Å². The summed E-state index contributed by atoms with van der Waals surface area (Å²) >= 11 is 5.58. The number of carboxylic acid groups (broad SMARTS) is 1. The highest BCUT2D eigenvalue weighted by molar-refractivity contribution is 6.30. The number of carbonyl (C=O) groups is 1. The summed E-state index contributed by atoms with van der Waals surface area (Å²) in [6.45, 7) is -0.719. The minimum Gasteiger partial charge on any atom is -0.478 e. The van der Waals surface area contributed by atoms with Crippen LogP contribution in [0.2, 0.25) is 5.02 Å². The minimum absolute atomic E-state index is 0.0472. The fraction of sp³-hybridized carbons (Fsp3) is 0.364. The summed E-state index contributed by atoms with van der Waals surface area (Å²) in [7, 11) is 0. The Kier molecular flexibility index (Phi) is 4.45. The molecule has 3 nitrogen and oxygen atoms in total. The maximum atomic E-state index is 13.3. The van der Waals surface area contributed by atoms with Crippen LogP contribution in [-0.4, -0.2) is 23.9 Å². The molecule has 0 saturated heterocycles. The highest BCUT2D eigenvalue weighted by Gasteiger charge is 2.31. The Balaban J connectivity index is 3.12. The van der Waals surface area contributed by atoms with Crippen LogP contribution in [0.15, 0.2) is 18.2 Å². The maximum Gasteiger partial charge on any atom is 0.347 e. The van der Waals surface area contributed by atoms with Crippen molar-refractivity contribution in [1.29, 1.82) is 0 Å². The first kappa shape index (κ1) is 14.6. The Morgan fingerprint density at radius 1 is 1.56 bits per heavy atom. The van der Waals surface area contributed by atoms with E-state index in [0.29, 0.717) is 6.92 Å². The van der Waals surface area contributed by atoms with Gasteiger partial charge in [-0.2, -0.15) is 0 Å². The lowest BCUT2D eigenvalue weighted by Gasteiger charge is -2.19. The molecule has 0 radical (unpaired) electrons. The van der Waals surface area contributed by atoms with E-state index in [-0.39, 0.29) is 5.02 Å². The van der Waals surface area contributed by atoms with Crippen molar-refractivity contribution in [3.63, 3.8) is 0 Å². The van der Waals surface area contributed by atoms with Crippen molar-refractivity contribution in [2.45, 2.75) is 19.0 Å². The molecule has 7 heteroatoms. The molecule has 1 aromatic carbocycles.